The number of nitrogens with one attached hydrogen (secondary N) is 1. The number of ether oxygens (including phenoxy) is 2. The van der Waals surface area contributed by atoms with E-state index in [1.165, 1.54) is 39.0 Å². The van der Waals surface area contributed by atoms with Gasteiger partial charge < -0.3 is 19.7 Å². The van der Waals surface area contributed by atoms with Gasteiger partial charge in [-0.05, 0) is 31.7 Å². The standard InChI is InChI=1S/C13H26N2O2/c1-16-8-9-17-7-3-6-15-10-12-4-2-5-14-13(12)11-15/h12-14H,2-11H2,1H3/t12-,13+/m0/s1. The van der Waals surface area contributed by atoms with E-state index >= 15 is 0 Å². The van der Waals surface area contributed by atoms with Crippen molar-refractivity contribution < 1.29 is 9.47 Å². The molecule has 0 bridgehead atoms. The fourth-order valence-corrected chi connectivity index (χ4v) is 2.95. The van der Waals surface area contributed by atoms with Crippen molar-refractivity contribution in [2.24, 2.45) is 5.92 Å². The molecule has 2 rings (SSSR count). The number of methoxy groups -OCH3 is 1. The largest absolute Gasteiger partial charge is 0.382 e. The second-order valence-corrected chi connectivity index (χ2v) is 5.18. The van der Waals surface area contributed by atoms with E-state index < -0.39 is 0 Å². The summed E-state index contributed by atoms with van der Waals surface area (Å²) < 4.78 is 10.4. The summed E-state index contributed by atoms with van der Waals surface area (Å²) in [5.74, 6) is 0.901. The first-order chi connectivity index (χ1) is 8.40. The van der Waals surface area contributed by atoms with Gasteiger partial charge in [0.05, 0.1) is 13.2 Å². The number of piperidine rings is 1. The zero-order valence-electron chi connectivity index (χ0n) is 11.0. The van der Waals surface area contributed by atoms with Gasteiger partial charge in [-0.25, -0.2) is 0 Å². The Morgan fingerprint density at radius 1 is 1.24 bits per heavy atom. The molecule has 0 radical (unpaired) electrons. The van der Waals surface area contributed by atoms with Gasteiger partial charge in [-0.2, -0.15) is 0 Å². The summed E-state index contributed by atoms with van der Waals surface area (Å²) in [4.78, 5) is 2.59. The molecule has 0 unspecified atom stereocenters. The molecule has 4 nitrogen and oxygen atoms in total. The molecule has 0 aliphatic carbocycles. The fourth-order valence-electron chi connectivity index (χ4n) is 2.95. The summed E-state index contributed by atoms with van der Waals surface area (Å²) in [6.07, 6.45) is 3.91. The molecule has 0 aromatic heterocycles. The lowest BCUT2D eigenvalue weighted by molar-refractivity contribution is 0.0660. The van der Waals surface area contributed by atoms with Gasteiger partial charge in [0.15, 0.2) is 0 Å². The Labute approximate surface area is 105 Å². The van der Waals surface area contributed by atoms with Gasteiger partial charge >= 0.3 is 0 Å². The van der Waals surface area contributed by atoms with E-state index in [2.05, 4.69) is 10.2 Å². The molecule has 0 aromatic rings. The van der Waals surface area contributed by atoms with Crippen molar-refractivity contribution in [1.29, 1.82) is 0 Å². The second-order valence-electron chi connectivity index (χ2n) is 5.18. The minimum atomic E-state index is 0.706. The van der Waals surface area contributed by atoms with Gasteiger partial charge in [0.25, 0.3) is 0 Å². The normalized spacial score (nSPS) is 29.5. The zero-order valence-corrected chi connectivity index (χ0v) is 11.0. The van der Waals surface area contributed by atoms with E-state index in [1.54, 1.807) is 7.11 Å². The van der Waals surface area contributed by atoms with Gasteiger partial charge in [-0.15, -0.1) is 0 Å². The molecule has 2 heterocycles. The molecule has 0 amide bonds. The number of rotatable bonds is 7. The van der Waals surface area contributed by atoms with E-state index in [4.69, 9.17) is 9.47 Å². The lowest BCUT2D eigenvalue weighted by atomic mass is 9.94. The predicted molar refractivity (Wildman–Crippen MR) is 68.3 cm³/mol. The van der Waals surface area contributed by atoms with Crippen LogP contribution in [-0.2, 0) is 9.47 Å². The van der Waals surface area contributed by atoms with Crippen molar-refractivity contribution in [3.8, 4) is 0 Å². The third-order valence-electron chi connectivity index (χ3n) is 3.87. The Kier molecular flexibility index (Phi) is 5.71. The average Bonchev–Trinajstić information content (AvgIpc) is 2.76. The molecular weight excluding hydrogens is 216 g/mol. The summed E-state index contributed by atoms with van der Waals surface area (Å²) in [5.41, 5.74) is 0. The summed E-state index contributed by atoms with van der Waals surface area (Å²) in [6.45, 7) is 7.22. The lowest BCUT2D eigenvalue weighted by Crippen LogP contribution is -2.40. The maximum Gasteiger partial charge on any atom is 0.0700 e. The second kappa shape index (κ2) is 7.31. The maximum absolute atomic E-state index is 5.49. The summed E-state index contributed by atoms with van der Waals surface area (Å²) in [7, 11) is 1.71. The molecule has 2 aliphatic rings. The highest BCUT2D eigenvalue weighted by molar-refractivity contribution is 4.91. The molecule has 2 saturated heterocycles. The zero-order chi connectivity index (χ0) is 11.9. The number of nitrogens with zero attached hydrogens (tertiary/aromatic N) is 1. The Hall–Kier alpha value is -0.160. The van der Waals surface area contributed by atoms with Crippen LogP contribution in [0.4, 0.5) is 0 Å². The third kappa shape index (κ3) is 4.21. The quantitative estimate of drug-likeness (QED) is 0.667. The lowest BCUT2D eigenvalue weighted by Gasteiger charge is -2.24. The first kappa shape index (κ1) is 13.3. The van der Waals surface area contributed by atoms with Crippen LogP contribution >= 0.6 is 0 Å². The van der Waals surface area contributed by atoms with Crippen LogP contribution in [0.2, 0.25) is 0 Å². The van der Waals surface area contributed by atoms with E-state index in [0.717, 1.165) is 31.6 Å². The van der Waals surface area contributed by atoms with Crippen LogP contribution in [0.5, 0.6) is 0 Å². The maximum atomic E-state index is 5.49. The molecule has 17 heavy (non-hydrogen) atoms. The predicted octanol–water partition coefficient (Wildman–Crippen LogP) is 0.723. The molecule has 2 aliphatic heterocycles. The van der Waals surface area contributed by atoms with Crippen molar-refractivity contribution in [3.63, 3.8) is 0 Å². The topological polar surface area (TPSA) is 33.7 Å². The SMILES string of the molecule is COCCOCCCN1C[C@@H]2CCCN[C@@H]2C1. The van der Waals surface area contributed by atoms with Crippen LogP contribution in [0, 0.1) is 5.92 Å². The van der Waals surface area contributed by atoms with Gasteiger partial charge in [0.2, 0.25) is 0 Å². The van der Waals surface area contributed by atoms with E-state index in [0.29, 0.717) is 6.61 Å². The van der Waals surface area contributed by atoms with E-state index in [-0.39, 0.29) is 0 Å². The van der Waals surface area contributed by atoms with Crippen LogP contribution in [-0.4, -0.2) is 64.1 Å². The van der Waals surface area contributed by atoms with Crippen molar-refractivity contribution in [2.45, 2.75) is 25.3 Å². The summed E-state index contributed by atoms with van der Waals surface area (Å²) in [5, 5.41) is 3.64. The highest BCUT2D eigenvalue weighted by atomic mass is 16.5. The van der Waals surface area contributed by atoms with Crippen LogP contribution < -0.4 is 5.32 Å². The number of hydrogen-bond donors (Lipinski definition) is 1. The Balaban J connectivity index is 1.52. The fraction of sp³-hybridized carbons (Fsp3) is 1.00. The van der Waals surface area contributed by atoms with E-state index in [1.807, 2.05) is 0 Å². The van der Waals surface area contributed by atoms with Gasteiger partial charge in [-0.3, -0.25) is 0 Å². The van der Waals surface area contributed by atoms with Gasteiger partial charge in [0.1, 0.15) is 0 Å². The molecular formula is C13H26N2O2. The molecule has 0 aromatic carbocycles. The van der Waals surface area contributed by atoms with Crippen LogP contribution in [0.1, 0.15) is 19.3 Å². The monoisotopic (exact) mass is 242 g/mol. The third-order valence-corrected chi connectivity index (χ3v) is 3.87. The average molecular weight is 242 g/mol. The number of fused-ring (bicyclic) bond motifs is 1. The number of hydrogen-bond acceptors (Lipinski definition) is 4. The van der Waals surface area contributed by atoms with Gasteiger partial charge in [0, 0.05) is 39.4 Å². The van der Waals surface area contributed by atoms with Crippen molar-refractivity contribution >= 4 is 0 Å². The first-order valence-corrected chi connectivity index (χ1v) is 6.92. The van der Waals surface area contributed by atoms with Crippen LogP contribution in [0.3, 0.4) is 0 Å². The van der Waals surface area contributed by atoms with Crippen molar-refractivity contribution in [1.82, 2.24) is 10.2 Å². The Morgan fingerprint density at radius 3 is 3.00 bits per heavy atom. The Bertz CT molecular complexity index is 200. The van der Waals surface area contributed by atoms with Crippen molar-refractivity contribution in [3.05, 3.63) is 0 Å². The number of likely N-dealkylation sites (tertiary alicyclic amines) is 1. The summed E-state index contributed by atoms with van der Waals surface area (Å²) in [6, 6.07) is 0.762. The minimum absolute atomic E-state index is 0.706. The highest BCUT2D eigenvalue weighted by Gasteiger charge is 2.33. The molecule has 0 saturated carbocycles. The molecule has 2 atom stereocenters. The van der Waals surface area contributed by atoms with Crippen LogP contribution in [0.25, 0.3) is 0 Å². The molecule has 0 spiro atoms. The molecule has 100 valence electrons. The smallest absolute Gasteiger partial charge is 0.0700 e. The molecule has 2 fully saturated rings. The minimum Gasteiger partial charge on any atom is -0.382 e. The first-order valence-electron chi connectivity index (χ1n) is 6.92. The Morgan fingerprint density at radius 2 is 2.18 bits per heavy atom. The van der Waals surface area contributed by atoms with Gasteiger partial charge in [-0.1, -0.05) is 0 Å². The summed E-state index contributed by atoms with van der Waals surface area (Å²) >= 11 is 0. The van der Waals surface area contributed by atoms with Crippen molar-refractivity contribution in [2.75, 3.05) is 53.1 Å². The molecule has 4 heteroatoms. The highest BCUT2D eigenvalue weighted by Crippen LogP contribution is 2.24. The van der Waals surface area contributed by atoms with E-state index in [9.17, 15) is 0 Å². The van der Waals surface area contributed by atoms with Crippen LogP contribution in [0.15, 0.2) is 0 Å². The molecule has 1 N–H and O–H groups in total.